The molecule has 0 spiro atoms. The number of benzene rings is 1. The smallest absolute Gasteiger partial charge is 0.242 e. The summed E-state index contributed by atoms with van der Waals surface area (Å²) in [5.41, 5.74) is 7.09. The Balaban J connectivity index is 2.29. The van der Waals surface area contributed by atoms with Crippen molar-refractivity contribution in [3.8, 4) is 0 Å². The van der Waals surface area contributed by atoms with Crippen molar-refractivity contribution in [1.29, 1.82) is 0 Å². The lowest BCUT2D eigenvalue weighted by atomic mass is 9.99. The van der Waals surface area contributed by atoms with Crippen LogP contribution < -0.4 is 10.6 Å². The molecule has 2 N–H and O–H groups in total. The highest BCUT2D eigenvalue weighted by Gasteiger charge is 2.36. The third-order valence-electron chi connectivity index (χ3n) is 3.53. The molecule has 1 aromatic carbocycles. The summed E-state index contributed by atoms with van der Waals surface area (Å²) in [5.74, 6) is 0.111. The minimum absolute atomic E-state index is 0.111. The van der Waals surface area contributed by atoms with Gasteiger partial charge < -0.3 is 15.5 Å². The average Bonchev–Trinajstić information content (AvgIpc) is 2.29. The number of hydrogen-bond donors (Lipinski definition) is 1. The molecule has 1 fully saturated rings. The molecular weight excluding hydrogens is 250 g/mol. The number of hydrogen-bond acceptors (Lipinski definition) is 3. The molecule has 0 bridgehead atoms. The first-order chi connectivity index (χ1) is 8.31. The van der Waals surface area contributed by atoms with Gasteiger partial charge in [0.1, 0.15) is 0 Å². The van der Waals surface area contributed by atoms with E-state index in [4.69, 9.17) is 17.3 Å². The predicted octanol–water partition coefficient (Wildman–Crippen LogP) is 1.98. The van der Waals surface area contributed by atoms with Crippen molar-refractivity contribution in [3.63, 3.8) is 0 Å². The lowest BCUT2D eigenvalue weighted by Gasteiger charge is -2.45. The molecule has 1 aliphatic rings. The average molecular weight is 268 g/mol. The van der Waals surface area contributed by atoms with Crippen LogP contribution in [0, 0.1) is 0 Å². The number of amides is 1. The number of anilines is 2. The molecule has 1 aromatic rings. The van der Waals surface area contributed by atoms with Crippen molar-refractivity contribution >= 4 is 28.9 Å². The van der Waals surface area contributed by atoms with Gasteiger partial charge in [-0.15, -0.1) is 0 Å². The van der Waals surface area contributed by atoms with E-state index in [1.807, 2.05) is 24.1 Å². The van der Waals surface area contributed by atoms with Crippen LogP contribution in [0.1, 0.15) is 13.8 Å². The van der Waals surface area contributed by atoms with Crippen molar-refractivity contribution < 1.29 is 4.79 Å². The fourth-order valence-corrected chi connectivity index (χ4v) is 2.26. The minimum Gasteiger partial charge on any atom is -0.397 e. The molecular formula is C13H18ClN3O. The van der Waals surface area contributed by atoms with Gasteiger partial charge in [-0.2, -0.15) is 0 Å². The van der Waals surface area contributed by atoms with Crippen molar-refractivity contribution in [2.75, 3.05) is 30.8 Å². The summed E-state index contributed by atoms with van der Waals surface area (Å²) in [6.45, 7) is 5.25. The maximum atomic E-state index is 12.0. The molecule has 1 aliphatic heterocycles. The van der Waals surface area contributed by atoms with E-state index in [9.17, 15) is 4.79 Å². The van der Waals surface area contributed by atoms with Gasteiger partial charge in [0.25, 0.3) is 0 Å². The van der Waals surface area contributed by atoms with Crippen LogP contribution in [0.3, 0.4) is 0 Å². The second-order valence-electron chi connectivity index (χ2n) is 5.33. The van der Waals surface area contributed by atoms with Gasteiger partial charge >= 0.3 is 0 Å². The quantitative estimate of drug-likeness (QED) is 0.792. The highest BCUT2D eigenvalue weighted by Crippen LogP contribution is 2.29. The molecule has 18 heavy (non-hydrogen) atoms. The topological polar surface area (TPSA) is 49.6 Å². The fraction of sp³-hybridized carbons (Fsp3) is 0.462. The number of nitrogens with two attached hydrogens (primary N) is 1. The highest BCUT2D eigenvalue weighted by molar-refractivity contribution is 6.33. The second-order valence-corrected chi connectivity index (χ2v) is 5.73. The van der Waals surface area contributed by atoms with Crippen LogP contribution in [0.25, 0.3) is 0 Å². The third-order valence-corrected chi connectivity index (χ3v) is 3.87. The Labute approximate surface area is 112 Å². The molecule has 0 aliphatic carbocycles. The van der Waals surface area contributed by atoms with Crippen LogP contribution in [0.15, 0.2) is 18.2 Å². The Morgan fingerprint density at radius 1 is 1.39 bits per heavy atom. The number of piperazine rings is 1. The first kappa shape index (κ1) is 13.0. The zero-order valence-corrected chi connectivity index (χ0v) is 11.7. The second kappa shape index (κ2) is 4.35. The van der Waals surface area contributed by atoms with Gasteiger partial charge in [-0.05, 0) is 32.0 Å². The van der Waals surface area contributed by atoms with Crippen molar-refractivity contribution in [3.05, 3.63) is 23.2 Å². The first-order valence-electron chi connectivity index (χ1n) is 5.88. The summed E-state index contributed by atoms with van der Waals surface area (Å²) in [7, 11) is 1.84. The van der Waals surface area contributed by atoms with E-state index in [0.717, 1.165) is 12.2 Å². The van der Waals surface area contributed by atoms with Crippen LogP contribution in [-0.2, 0) is 4.79 Å². The number of likely N-dealkylation sites (N-methyl/N-ethyl adjacent to an activating group) is 1. The van der Waals surface area contributed by atoms with Gasteiger partial charge in [0.15, 0.2) is 0 Å². The van der Waals surface area contributed by atoms with Gasteiger partial charge in [-0.25, -0.2) is 0 Å². The number of nitrogens with zero attached hydrogens (tertiary/aromatic N) is 2. The summed E-state index contributed by atoms with van der Waals surface area (Å²) in [4.78, 5) is 15.8. The van der Waals surface area contributed by atoms with Crippen molar-refractivity contribution in [2.24, 2.45) is 0 Å². The number of rotatable bonds is 1. The standard InChI is InChI=1S/C13H18ClN3O/c1-13(2)8-17(7-12(18)16(13)3)9-4-5-10(14)11(15)6-9/h4-6H,7-8,15H2,1-3H3. The maximum Gasteiger partial charge on any atom is 0.242 e. The lowest BCUT2D eigenvalue weighted by molar-refractivity contribution is -0.135. The molecule has 1 amide bonds. The number of nitrogen functional groups attached to an aromatic ring is 1. The van der Waals surface area contributed by atoms with Crippen LogP contribution >= 0.6 is 11.6 Å². The van der Waals surface area contributed by atoms with Crippen molar-refractivity contribution in [1.82, 2.24) is 4.90 Å². The van der Waals surface area contributed by atoms with Gasteiger partial charge in [-0.1, -0.05) is 11.6 Å². The molecule has 2 rings (SSSR count). The van der Waals surface area contributed by atoms with Gasteiger partial charge in [-0.3, -0.25) is 4.79 Å². The van der Waals surface area contributed by atoms with Crippen LogP contribution in [-0.4, -0.2) is 36.5 Å². The number of carbonyl (C=O) groups is 1. The SMILES string of the molecule is CN1C(=O)CN(c2ccc(Cl)c(N)c2)CC1(C)C. The Hall–Kier alpha value is -1.42. The normalized spacial score (nSPS) is 19.2. The summed E-state index contributed by atoms with van der Waals surface area (Å²) >= 11 is 5.91. The lowest BCUT2D eigenvalue weighted by Crippen LogP contribution is -2.60. The van der Waals surface area contributed by atoms with E-state index < -0.39 is 0 Å². The predicted molar refractivity (Wildman–Crippen MR) is 74.9 cm³/mol. The molecule has 1 saturated heterocycles. The Bertz CT molecular complexity index is 487. The van der Waals surface area contributed by atoms with E-state index in [0.29, 0.717) is 17.3 Å². The fourth-order valence-electron chi connectivity index (χ4n) is 2.15. The summed E-state index contributed by atoms with van der Waals surface area (Å²) in [6, 6.07) is 5.48. The molecule has 0 atom stereocenters. The van der Waals surface area contributed by atoms with Crippen molar-refractivity contribution in [2.45, 2.75) is 19.4 Å². The summed E-state index contributed by atoms with van der Waals surface area (Å²) < 4.78 is 0. The minimum atomic E-state index is -0.191. The third kappa shape index (κ3) is 2.25. The first-order valence-corrected chi connectivity index (χ1v) is 6.26. The monoisotopic (exact) mass is 267 g/mol. The number of carbonyl (C=O) groups excluding carboxylic acids is 1. The largest absolute Gasteiger partial charge is 0.397 e. The van der Waals surface area contributed by atoms with E-state index in [-0.39, 0.29) is 11.4 Å². The molecule has 4 nitrogen and oxygen atoms in total. The molecule has 0 unspecified atom stereocenters. The highest BCUT2D eigenvalue weighted by atomic mass is 35.5. The maximum absolute atomic E-state index is 12.0. The number of halogens is 1. The van der Waals surface area contributed by atoms with Crippen LogP contribution in [0.2, 0.25) is 5.02 Å². The zero-order valence-electron chi connectivity index (χ0n) is 10.9. The summed E-state index contributed by atoms with van der Waals surface area (Å²) in [5, 5.41) is 0.540. The van der Waals surface area contributed by atoms with Gasteiger partial charge in [0.2, 0.25) is 5.91 Å². The van der Waals surface area contributed by atoms with Gasteiger partial charge in [0.05, 0.1) is 22.8 Å². The Kier molecular flexibility index (Phi) is 3.15. The van der Waals surface area contributed by atoms with Gasteiger partial charge in [0, 0.05) is 19.3 Å². The van der Waals surface area contributed by atoms with Crippen LogP contribution in [0.4, 0.5) is 11.4 Å². The Morgan fingerprint density at radius 2 is 2.06 bits per heavy atom. The zero-order chi connectivity index (χ0) is 13.5. The van der Waals surface area contributed by atoms with E-state index in [1.54, 1.807) is 11.0 Å². The molecule has 98 valence electrons. The molecule has 0 saturated carbocycles. The molecule has 1 heterocycles. The molecule has 0 aromatic heterocycles. The van der Waals surface area contributed by atoms with E-state index in [1.165, 1.54) is 0 Å². The summed E-state index contributed by atoms with van der Waals surface area (Å²) in [6.07, 6.45) is 0. The molecule has 0 radical (unpaired) electrons. The van der Waals surface area contributed by atoms with E-state index in [2.05, 4.69) is 13.8 Å². The Morgan fingerprint density at radius 3 is 2.61 bits per heavy atom. The van der Waals surface area contributed by atoms with Crippen LogP contribution in [0.5, 0.6) is 0 Å². The molecule has 5 heteroatoms. The van der Waals surface area contributed by atoms with E-state index >= 15 is 0 Å².